The third kappa shape index (κ3) is 3.17. The largest absolute Gasteiger partial charge is 0.501 e. The number of benzene rings is 2. The van der Waals surface area contributed by atoms with Crippen LogP contribution in [0.15, 0.2) is 63.9 Å². The van der Waals surface area contributed by atoms with E-state index in [1.165, 1.54) is 6.07 Å². The van der Waals surface area contributed by atoms with Gasteiger partial charge in [-0.1, -0.05) is 38.1 Å². The van der Waals surface area contributed by atoms with E-state index in [4.69, 9.17) is 4.42 Å². The van der Waals surface area contributed by atoms with Crippen molar-refractivity contribution in [2.24, 2.45) is 0 Å². The number of hydrogen-bond acceptors (Lipinski definition) is 4. The highest BCUT2D eigenvalue weighted by molar-refractivity contribution is 7.92. The number of nitrogens with zero attached hydrogens (tertiary/aromatic N) is 1. The Kier molecular flexibility index (Phi) is 4.42. The van der Waals surface area contributed by atoms with Crippen LogP contribution in [0.25, 0.3) is 33.1 Å². The Balaban J connectivity index is 2.02. The van der Waals surface area contributed by atoms with E-state index in [1.807, 2.05) is 44.2 Å². The maximum Gasteiger partial charge on any atom is 0.501 e. The van der Waals surface area contributed by atoms with E-state index in [2.05, 4.69) is 4.98 Å². The summed E-state index contributed by atoms with van der Waals surface area (Å²) in [5.74, 6) is 0.442. The molecule has 0 bridgehead atoms. The monoisotopic (exact) mass is 419 g/mol. The lowest BCUT2D eigenvalue weighted by molar-refractivity contribution is -0.0435. The van der Waals surface area contributed by atoms with Crippen molar-refractivity contribution >= 4 is 31.7 Å². The zero-order chi connectivity index (χ0) is 21.0. The molecule has 0 aliphatic heterocycles. The first-order valence-corrected chi connectivity index (χ1v) is 10.3. The Hall–Kier alpha value is -2.87. The highest BCUT2D eigenvalue weighted by atomic mass is 32.2. The molecule has 2 aromatic carbocycles. The lowest BCUT2D eigenvalue weighted by atomic mass is 10.0. The minimum Gasteiger partial charge on any atom is -0.460 e. The summed E-state index contributed by atoms with van der Waals surface area (Å²) >= 11 is 0. The average molecular weight is 419 g/mol. The molecule has 0 aliphatic carbocycles. The molecule has 0 unspecified atom stereocenters. The first-order chi connectivity index (χ1) is 13.6. The number of furan rings is 1. The SMILES string of the molecule is CC(C)c1oc2ccc(S(=O)(=O)C(F)(F)F)cc2c1-c1ccc2ccccc2n1. The van der Waals surface area contributed by atoms with Crippen LogP contribution in [0.1, 0.15) is 25.5 Å². The third-order valence-electron chi connectivity index (χ3n) is 4.68. The second-order valence-corrected chi connectivity index (χ2v) is 8.93. The summed E-state index contributed by atoms with van der Waals surface area (Å²) in [4.78, 5) is 3.80. The maximum absolute atomic E-state index is 13.0. The standard InChI is InChI=1S/C21H16F3NO3S/c1-12(2)20-19(17-9-7-13-5-3-4-6-16(13)25-17)15-11-14(8-10-18(15)28-20)29(26,27)21(22,23)24/h3-12H,1-2H3. The molecular formula is C21H16F3NO3S. The zero-order valence-electron chi connectivity index (χ0n) is 15.5. The van der Waals surface area contributed by atoms with Gasteiger partial charge in [0.25, 0.3) is 9.84 Å². The summed E-state index contributed by atoms with van der Waals surface area (Å²) in [5, 5.41) is 1.19. The second kappa shape index (κ2) is 6.59. The minimum atomic E-state index is -5.47. The van der Waals surface area contributed by atoms with Crippen molar-refractivity contribution in [1.29, 1.82) is 0 Å². The van der Waals surface area contributed by atoms with Crippen LogP contribution >= 0.6 is 0 Å². The average Bonchev–Trinajstić information content (AvgIpc) is 3.05. The first kappa shape index (κ1) is 19.4. The van der Waals surface area contributed by atoms with Crippen LogP contribution in [0.5, 0.6) is 0 Å². The number of sulfone groups is 1. The van der Waals surface area contributed by atoms with Gasteiger partial charge < -0.3 is 4.42 Å². The molecule has 0 radical (unpaired) electrons. The van der Waals surface area contributed by atoms with Crippen molar-refractivity contribution in [3.05, 3.63) is 60.4 Å². The van der Waals surface area contributed by atoms with Crippen molar-refractivity contribution in [3.8, 4) is 11.3 Å². The predicted octanol–water partition coefficient (Wildman–Crippen LogP) is 6.06. The highest BCUT2D eigenvalue weighted by Gasteiger charge is 2.47. The molecule has 0 spiro atoms. The van der Waals surface area contributed by atoms with Crippen molar-refractivity contribution in [3.63, 3.8) is 0 Å². The number of halogens is 3. The van der Waals surface area contributed by atoms with Crippen LogP contribution in [0.4, 0.5) is 13.2 Å². The van der Waals surface area contributed by atoms with Gasteiger partial charge in [-0.3, -0.25) is 0 Å². The molecule has 0 amide bonds. The molecule has 4 nitrogen and oxygen atoms in total. The summed E-state index contributed by atoms with van der Waals surface area (Å²) in [6.45, 7) is 3.77. The number of hydrogen-bond donors (Lipinski definition) is 0. The van der Waals surface area contributed by atoms with Crippen LogP contribution < -0.4 is 0 Å². The topological polar surface area (TPSA) is 60.2 Å². The van der Waals surface area contributed by atoms with Crippen LogP contribution in [-0.2, 0) is 9.84 Å². The molecule has 2 aromatic heterocycles. The Bertz CT molecular complexity index is 1340. The van der Waals surface area contributed by atoms with Gasteiger partial charge >= 0.3 is 5.51 Å². The lowest BCUT2D eigenvalue weighted by Gasteiger charge is -2.09. The number of aromatic nitrogens is 1. The van der Waals surface area contributed by atoms with Gasteiger partial charge in [0, 0.05) is 22.3 Å². The fourth-order valence-corrected chi connectivity index (χ4v) is 4.06. The highest BCUT2D eigenvalue weighted by Crippen LogP contribution is 2.40. The predicted molar refractivity (Wildman–Crippen MR) is 104 cm³/mol. The minimum absolute atomic E-state index is 0.0895. The van der Waals surface area contributed by atoms with Crippen molar-refractivity contribution in [2.75, 3.05) is 0 Å². The van der Waals surface area contributed by atoms with Crippen molar-refractivity contribution in [2.45, 2.75) is 30.2 Å². The van der Waals surface area contributed by atoms with Gasteiger partial charge in [0.05, 0.1) is 16.1 Å². The smallest absolute Gasteiger partial charge is 0.460 e. The molecule has 0 saturated heterocycles. The Morgan fingerprint density at radius 3 is 2.41 bits per heavy atom. The normalized spacial score (nSPS) is 12.9. The van der Waals surface area contributed by atoms with Crippen LogP contribution in [-0.4, -0.2) is 18.9 Å². The van der Waals surface area contributed by atoms with Gasteiger partial charge in [-0.05, 0) is 30.3 Å². The third-order valence-corrected chi connectivity index (χ3v) is 6.16. The fourth-order valence-electron chi connectivity index (χ4n) is 3.27. The maximum atomic E-state index is 13.0. The van der Waals surface area contributed by atoms with Gasteiger partial charge in [-0.2, -0.15) is 13.2 Å². The van der Waals surface area contributed by atoms with E-state index in [-0.39, 0.29) is 11.3 Å². The summed E-state index contributed by atoms with van der Waals surface area (Å²) in [7, 11) is -5.47. The molecule has 2 heterocycles. The molecule has 4 aromatic rings. The van der Waals surface area contributed by atoms with Gasteiger partial charge in [-0.25, -0.2) is 13.4 Å². The lowest BCUT2D eigenvalue weighted by Crippen LogP contribution is -2.23. The van der Waals surface area contributed by atoms with E-state index < -0.39 is 20.2 Å². The van der Waals surface area contributed by atoms with E-state index >= 15 is 0 Å². The molecule has 4 rings (SSSR count). The number of para-hydroxylation sites is 1. The quantitative estimate of drug-likeness (QED) is 0.405. The molecule has 0 aliphatic rings. The van der Waals surface area contributed by atoms with Gasteiger partial charge in [0.1, 0.15) is 11.3 Å². The van der Waals surface area contributed by atoms with Gasteiger partial charge in [0.2, 0.25) is 0 Å². The van der Waals surface area contributed by atoms with E-state index in [1.54, 1.807) is 6.07 Å². The molecule has 150 valence electrons. The van der Waals surface area contributed by atoms with E-state index in [0.29, 0.717) is 28.1 Å². The Morgan fingerprint density at radius 1 is 1.00 bits per heavy atom. The van der Waals surface area contributed by atoms with E-state index in [0.717, 1.165) is 17.5 Å². The molecular weight excluding hydrogens is 403 g/mol. The summed E-state index contributed by atoms with van der Waals surface area (Å²) < 4.78 is 68.7. The fraction of sp³-hybridized carbons (Fsp3) is 0.190. The van der Waals surface area contributed by atoms with Crippen LogP contribution in [0.3, 0.4) is 0 Å². The molecule has 0 atom stereocenters. The molecule has 29 heavy (non-hydrogen) atoms. The Morgan fingerprint density at radius 2 is 1.72 bits per heavy atom. The van der Waals surface area contributed by atoms with Crippen molar-refractivity contribution in [1.82, 2.24) is 4.98 Å². The zero-order valence-corrected chi connectivity index (χ0v) is 16.3. The molecule has 0 N–H and O–H groups in total. The second-order valence-electron chi connectivity index (χ2n) is 6.99. The summed E-state index contributed by atoms with van der Waals surface area (Å²) in [5.41, 5.74) is -3.35. The number of pyridine rings is 1. The van der Waals surface area contributed by atoms with Gasteiger partial charge in [-0.15, -0.1) is 0 Å². The number of alkyl halides is 3. The number of fused-ring (bicyclic) bond motifs is 2. The van der Waals surface area contributed by atoms with Crippen LogP contribution in [0, 0.1) is 0 Å². The van der Waals surface area contributed by atoms with E-state index in [9.17, 15) is 21.6 Å². The van der Waals surface area contributed by atoms with Crippen molar-refractivity contribution < 1.29 is 26.0 Å². The molecule has 0 saturated carbocycles. The summed E-state index contributed by atoms with van der Waals surface area (Å²) in [6.07, 6.45) is 0. The number of rotatable bonds is 3. The Labute approximate surface area is 164 Å². The first-order valence-electron chi connectivity index (χ1n) is 8.83. The van der Waals surface area contributed by atoms with Crippen LogP contribution in [0.2, 0.25) is 0 Å². The molecule has 0 fully saturated rings. The van der Waals surface area contributed by atoms with Gasteiger partial charge in [0.15, 0.2) is 0 Å². The molecule has 8 heteroatoms. The summed E-state index contributed by atoms with van der Waals surface area (Å²) in [6, 6.07) is 14.2.